The van der Waals surface area contributed by atoms with Crippen LogP contribution in [-0.2, 0) is 11.2 Å². The number of hydrogen-bond donors (Lipinski definition) is 0. The molecule has 122 valence electrons. The zero-order valence-corrected chi connectivity index (χ0v) is 13.2. The summed E-state index contributed by atoms with van der Waals surface area (Å²) in [7, 11) is 0. The largest absolute Gasteiger partial charge is 0.486 e. The molecule has 1 aliphatic heterocycles. The van der Waals surface area contributed by atoms with Gasteiger partial charge in [0.15, 0.2) is 17.6 Å². The van der Waals surface area contributed by atoms with Crippen molar-refractivity contribution in [2.24, 2.45) is 0 Å². The van der Waals surface area contributed by atoms with Crippen LogP contribution in [0.25, 0.3) is 0 Å². The lowest BCUT2D eigenvalue weighted by molar-refractivity contribution is -0.132. The third kappa shape index (κ3) is 3.86. The fraction of sp³-hybridized carbons (Fsp3) is 0.389. The molecule has 1 aromatic heterocycles. The minimum Gasteiger partial charge on any atom is -0.486 e. The molecular formula is C18H21NO4. The quantitative estimate of drug-likeness (QED) is 0.822. The van der Waals surface area contributed by atoms with Crippen molar-refractivity contribution < 1.29 is 18.7 Å². The maximum Gasteiger partial charge on any atom is 0.223 e. The van der Waals surface area contributed by atoms with Crippen molar-refractivity contribution in [3.63, 3.8) is 0 Å². The van der Waals surface area contributed by atoms with Crippen molar-refractivity contribution in [3.8, 4) is 11.5 Å². The van der Waals surface area contributed by atoms with E-state index in [0.29, 0.717) is 32.5 Å². The minimum absolute atomic E-state index is 0.103. The van der Waals surface area contributed by atoms with Crippen molar-refractivity contribution in [3.05, 3.63) is 48.4 Å². The van der Waals surface area contributed by atoms with E-state index in [4.69, 9.17) is 13.9 Å². The van der Waals surface area contributed by atoms with Gasteiger partial charge in [-0.2, -0.15) is 0 Å². The van der Waals surface area contributed by atoms with Gasteiger partial charge in [0.1, 0.15) is 12.4 Å². The number of fused-ring (bicyclic) bond motifs is 1. The molecule has 1 aliphatic rings. The van der Waals surface area contributed by atoms with Crippen molar-refractivity contribution in [1.82, 2.24) is 4.90 Å². The molecule has 3 rings (SSSR count). The summed E-state index contributed by atoms with van der Waals surface area (Å²) in [6.45, 7) is 3.61. The molecule has 23 heavy (non-hydrogen) atoms. The predicted molar refractivity (Wildman–Crippen MR) is 85.6 cm³/mol. The number of nitrogens with zero attached hydrogens (tertiary/aromatic N) is 1. The molecule has 0 saturated carbocycles. The van der Waals surface area contributed by atoms with E-state index in [1.807, 2.05) is 48.2 Å². The molecule has 0 bridgehead atoms. The SMILES string of the molecule is CCN(CC1COc2ccccc2O1)C(=O)CCc1ccco1. The van der Waals surface area contributed by atoms with Crippen LogP contribution >= 0.6 is 0 Å². The molecule has 5 heteroatoms. The molecule has 1 aromatic carbocycles. The first-order valence-corrected chi connectivity index (χ1v) is 7.95. The molecule has 1 atom stereocenters. The van der Waals surface area contributed by atoms with Crippen LogP contribution in [0.15, 0.2) is 47.1 Å². The first-order valence-electron chi connectivity index (χ1n) is 7.95. The second-order valence-electron chi connectivity index (χ2n) is 5.51. The molecule has 2 heterocycles. The Kier molecular flexibility index (Phi) is 4.86. The third-order valence-electron chi connectivity index (χ3n) is 3.89. The average Bonchev–Trinajstić information content (AvgIpc) is 3.11. The van der Waals surface area contributed by atoms with Gasteiger partial charge in [0.2, 0.25) is 5.91 Å². The number of carbonyl (C=O) groups is 1. The van der Waals surface area contributed by atoms with Crippen molar-refractivity contribution >= 4 is 5.91 Å². The van der Waals surface area contributed by atoms with Gasteiger partial charge in [0.25, 0.3) is 0 Å². The standard InChI is InChI=1S/C18H21NO4/c1-2-19(18(20)10-9-14-6-5-11-21-14)12-15-13-22-16-7-3-4-8-17(16)23-15/h3-8,11,15H,2,9-10,12-13H2,1H3. The van der Waals surface area contributed by atoms with Crippen LogP contribution in [0, 0.1) is 0 Å². The zero-order valence-electron chi connectivity index (χ0n) is 13.2. The normalized spacial score (nSPS) is 16.1. The lowest BCUT2D eigenvalue weighted by Gasteiger charge is -2.31. The Bertz CT molecular complexity index is 638. The topological polar surface area (TPSA) is 51.9 Å². The van der Waals surface area contributed by atoms with E-state index < -0.39 is 0 Å². The van der Waals surface area contributed by atoms with E-state index in [9.17, 15) is 4.79 Å². The van der Waals surface area contributed by atoms with E-state index in [-0.39, 0.29) is 12.0 Å². The van der Waals surface area contributed by atoms with Gasteiger partial charge in [-0.1, -0.05) is 12.1 Å². The van der Waals surface area contributed by atoms with Gasteiger partial charge in [-0.05, 0) is 31.2 Å². The minimum atomic E-state index is -0.141. The summed E-state index contributed by atoms with van der Waals surface area (Å²) in [6.07, 6.45) is 2.54. The Morgan fingerprint density at radius 2 is 2.04 bits per heavy atom. The Morgan fingerprint density at radius 1 is 1.22 bits per heavy atom. The van der Waals surface area contributed by atoms with Gasteiger partial charge in [0.05, 0.1) is 12.8 Å². The average molecular weight is 315 g/mol. The fourth-order valence-electron chi connectivity index (χ4n) is 2.65. The summed E-state index contributed by atoms with van der Waals surface area (Å²) in [4.78, 5) is 14.2. The highest BCUT2D eigenvalue weighted by atomic mass is 16.6. The first-order chi connectivity index (χ1) is 11.3. The maximum absolute atomic E-state index is 12.4. The summed E-state index contributed by atoms with van der Waals surface area (Å²) >= 11 is 0. The molecule has 1 unspecified atom stereocenters. The van der Waals surface area contributed by atoms with Crippen molar-refractivity contribution in [1.29, 1.82) is 0 Å². The number of ether oxygens (including phenoxy) is 2. The van der Waals surface area contributed by atoms with Gasteiger partial charge in [-0.15, -0.1) is 0 Å². The van der Waals surface area contributed by atoms with Crippen LogP contribution in [0.2, 0.25) is 0 Å². The number of para-hydroxylation sites is 2. The van der Waals surface area contributed by atoms with E-state index >= 15 is 0 Å². The molecule has 0 radical (unpaired) electrons. The van der Waals surface area contributed by atoms with Gasteiger partial charge in [-0.25, -0.2) is 0 Å². The summed E-state index contributed by atoms with van der Waals surface area (Å²) < 4.78 is 16.9. The highest BCUT2D eigenvalue weighted by molar-refractivity contribution is 5.76. The summed E-state index contributed by atoms with van der Waals surface area (Å²) in [5, 5.41) is 0. The molecule has 0 fully saturated rings. The number of rotatable bonds is 6. The number of carbonyl (C=O) groups excluding carboxylic acids is 1. The van der Waals surface area contributed by atoms with Crippen LogP contribution in [0.5, 0.6) is 11.5 Å². The second kappa shape index (κ2) is 7.22. The van der Waals surface area contributed by atoms with E-state index in [1.165, 1.54) is 0 Å². The number of benzene rings is 1. The Labute approximate surface area is 135 Å². The van der Waals surface area contributed by atoms with E-state index in [1.54, 1.807) is 6.26 Å². The Hall–Kier alpha value is -2.43. The Balaban J connectivity index is 1.54. The van der Waals surface area contributed by atoms with Crippen molar-refractivity contribution in [2.75, 3.05) is 19.7 Å². The fourth-order valence-corrected chi connectivity index (χ4v) is 2.65. The van der Waals surface area contributed by atoms with Crippen molar-refractivity contribution in [2.45, 2.75) is 25.9 Å². The number of likely N-dealkylation sites (N-methyl/N-ethyl adjacent to an activating group) is 1. The first kappa shape index (κ1) is 15.5. The third-order valence-corrected chi connectivity index (χ3v) is 3.89. The van der Waals surface area contributed by atoms with Crippen LogP contribution < -0.4 is 9.47 Å². The molecule has 0 spiro atoms. The molecule has 0 aliphatic carbocycles. The maximum atomic E-state index is 12.4. The summed E-state index contributed by atoms with van der Waals surface area (Å²) in [6, 6.07) is 11.3. The van der Waals surface area contributed by atoms with Crippen LogP contribution in [0.4, 0.5) is 0 Å². The number of furan rings is 1. The molecule has 5 nitrogen and oxygen atoms in total. The van der Waals surface area contributed by atoms with Crippen LogP contribution in [-0.4, -0.2) is 36.6 Å². The van der Waals surface area contributed by atoms with Gasteiger partial charge >= 0.3 is 0 Å². The summed E-state index contributed by atoms with van der Waals surface area (Å²) in [5.74, 6) is 2.44. The zero-order chi connectivity index (χ0) is 16.1. The molecule has 0 saturated heterocycles. The highest BCUT2D eigenvalue weighted by Crippen LogP contribution is 2.31. The molecule has 0 N–H and O–H groups in total. The number of hydrogen-bond acceptors (Lipinski definition) is 4. The van der Waals surface area contributed by atoms with Crippen LogP contribution in [0.3, 0.4) is 0 Å². The molecular weight excluding hydrogens is 294 g/mol. The molecule has 2 aromatic rings. The number of aryl methyl sites for hydroxylation is 1. The molecule has 1 amide bonds. The number of amides is 1. The lowest BCUT2D eigenvalue weighted by atomic mass is 10.2. The smallest absolute Gasteiger partial charge is 0.223 e. The second-order valence-corrected chi connectivity index (χ2v) is 5.51. The van der Waals surface area contributed by atoms with Gasteiger partial charge < -0.3 is 18.8 Å². The highest BCUT2D eigenvalue weighted by Gasteiger charge is 2.24. The van der Waals surface area contributed by atoms with Gasteiger partial charge in [0, 0.05) is 19.4 Å². The summed E-state index contributed by atoms with van der Waals surface area (Å²) in [5.41, 5.74) is 0. The predicted octanol–water partition coefficient (Wildman–Crippen LogP) is 2.90. The Morgan fingerprint density at radius 3 is 2.78 bits per heavy atom. The van der Waals surface area contributed by atoms with Gasteiger partial charge in [-0.3, -0.25) is 4.79 Å². The lowest BCUT2D eigenvalue weighted by Crippen LogP contribution is -2.43. The van der Waals surface area contributed by atoms with Crippen LogP contribution in [0.1, 0.15) is 19.1 Å². The van der Waals surface area contributed by atoms with E-state index in [2.05, 4.69) is 0 Å². The van der Waals surface area contributed by atoms with E-state index in [0.717, 1.165) is 17.3 Å². The monoisotopic (exact) mass is 315 g/mol.